The average Bonchev–Trinajstić information content (AvgIpc) is 2.61. The fourth-order valence-corrected chi connectivity index (χ4v) is 2.50. The first-order chi connectivity index (χ1) is 12.4. The molecule has 3 rings (SSSR count). The molecule has 0 aliphatic heterocycles. The minimum atomic E-state index is -0.565. The SMILES string of the molecule is N=C(N)c1ccc2cc(OC(=O)c3ccccc3N=C(N)N)ccc2c1. The summed E-state index contributed by atoms with van der Waals surface area (Å²) in [7, 11) is 0. The average molecular weight is 347 g/mol. The highest BCUT2D eigenvalue weighted by Gasteiger charge is 2.13. The number of esters is 1. The number of carbonyl (C=O) groups is 1. The van der Waals surface area contributed by atoms with Crippen molar-refractivity contribution >= 4 is 34.2 Å². The number of para-hydroxylation sites is 1. The Labute approximate surface area is 149 Å². The number of guanidine groups is 1. The summed E-state index contributed by atoms with van der Waals surface area (Å²) >= 11 is 0. The summed E-state index contributed by atoms with van der Waals surface area (Å²) in [5.41, 5.74) is 17.5. The van der Waals surface area contributed by atoms with Crippen molar-refractivity contribution < 1.29 is 9.53 Å². The number of nitrogens with zero attached hydrogens (tertiary/aromatic N) is 1. The molecule has 0 unspecified atom stereocenters. The van der Waals surface area contributed by atoms with Gasteiger partial charge >= 0.3 is 5.97 Å². The molecule has 0 aliphatic rings. The summed E-state index contributed by atoms with van der Waals surface area (Å²) in [6.07, 6.45) is 0. The van der Waals surface area contributed by atoms with Crippen molar-refractivity contribution in [2.45, 2.75) is 0 Å². The fourth-order valence-electron chi connectivity index (χ4n) is 2.50. The molecule has 0 bridgehead atoms. The number of nitrogen functional groups attached to an aromatic ring is 1. The summed E-state index contributed by atoms with van der Waals surface area (Å²) in [4.78, 5) is 16.4. The molecule has 7 N–H and O–H groups in total. The zero-order chi connectivity index (χ0) is 18.7. The molecule has 130 valence electrons. The van der Waals surface area contributed by atoms with E-state index in [1.165, 1.54) is 0 Å². The Hall–Kier alpha value is -3.87. The van der Waals surface area contributed by atoms with E-state index in [-0.39, 0.29) is 17.4 Å². The molecule has 0 fully saturated rings. The number of carbonyl (C=O) groups excluding carboxylic acids is 1. The Bertz CT molecular complexity index is 1040. The van der Waals surface area contributed by atoms with Gasteiger partial charge in [-0.1, -0.05) is 30.3 Å². The number of nitrogens with two attached hydrogens (primary N) is 3. The lowest BCUT2D eigenvalue weighted by molar-refractivity contribution is 0.0736. The second-order valence-electron chi connectivity index (χ2n) is 5.58. The topological polar surface area (TPSA) is 141 Å². The standard InChI is InChI=1S/C19H17N5O2/c20-17(21)13-6-5-12-10-14(8-7-11(12)9-13)26-18(25)15-3-1-2-4-16(15)24-19(22)23/h1-10H,(H3,20,21)(H4,22,23,24). The van der Waals surface area contributed by atoms with Crippen molar-refractivity contribution in [3.05, 3.63) is 71.8 Å². The van der Waals surface area contributed by atoms with Crippen LogP contribution in [-0.4, -0.2) is 17.8 Å². The maximum absolute atomic E-state index is 12.5. The monoisotopic (exact) mass is 347 g/mol. The highest BCUT2D eigenvalue weighted by molar-refractivity contribution is 6.00. The van der Waals surface area contributed by atoms with Gasteiger partial charge in [0, 0.05) is 5.56 Å². The Morgan fingerprint density at radius 3 is 2.35 bits per heavy atom. The minimum absolute atomic E-state index is 0.00116. The van der Waals surface area contributed by atoms with Crippen LogP contribution in [0.25, 0.3) is 10.8 Å². The molecule has 0 aromatic heterocycles. The number of hydrogen-bond donors (Lipinski definition) is 4. The van der Waals surface area contributed by atoms with Crippen LogP contribution in [0.3, 0.4) is 0 Å². The van der Waals surface area contributed by atoms with Gasteiger partial charge in [0.2, 0.25) is 0 Å². The van der Waals surface area contributed by atoms with Gasteiger partial charge in [0.25, 0.3) is 0 Å². The lowest BCUT2D eigenvalue weighted by Crippen LogP contribution is -2.22. The van der Waals surface area contributed by atoms with Crippen molar-refractivity contribution in [2.75, 3.05) is 0 Å². The Kier molecular flexibility index (Phi) is 4.53. The van der Waals surface area contributed by atoms with E-state index in [9.17, 15) is 4.79 Å². The second-order valence-corrected chi connectivity index (χ2v) is 5.58. The summed E-state index contributed by atoms with van der Waals surface area (Å²) < 4.78 is 5.45. The predicted molar refractivity (Wildman–Crippen MR) is 102 cm³/mol. The first kappa shape index (κ1) is 17.0. The molecule has 0 aliphatic carbocycles. The Morgan fingerprint density at radius 1 is 0.923 bits per heavy atom. The van der Waals surface area contributed by atoms with Gasteiger partial charge in [-0.15, -0.1) is 0 Å². The third-order valence-corrected chi connectivity index (χ3v) is 3.71. The van der Waals surface area contributed by atoms with Gasteiger partial charge in [-0.3, -0.25) is 5.41 Å². The van der Waals surface area contributed by atoms with Gasteiger partial charge in [-0.2, -0.15) is 0 Å². The fraction of sp³-hybridized carbons (Fsp3) is 0. The number of hydrogen-bond acceptors (Lipinski definition) is 4. The highest BCUT2D eigenvalue weighted by atomic mass is 16.5. The number of fused-ring (bicyclic) bond motifs is 1. The van der Waals surface area contributed by atoms with Crippen LogP contribution in [0.5, 0.6) is 5.75 Å². The molecular formula is C19H17N5O2. The van der Waals surface area contributed by atoms with Crippen molar-refractivity contribution in [3.63, 3.8) is 0 Å². The molecule has 0 heterocycles. The van der Waals surface area contributed by atoms with E-state index >= 15 is 0 Å². The van der Waals surface area contributed by atoms with E-state index in [0.29, 0.717) is 17.0 Å². The zero-order valence-electron chi connectivity index (χ0n) is 13.8. The largest absolute Gasteiger partial charge is 0.423 e. The van der Waals surface area contributed by atoms with Crippen LogP contribution < -0.4 is 21.9 Å². The van der Waals surface area contributed by atoms with E-state index in [0.717, 1.165) is 10.8 Å². The van der Waals surface area contributed by atoms with E-state index < -0.39 is 5.97 Å². The molecule has 26 heavy (non-hydrogen) atoms. The summed E-state index contributed by atoms with van der Waals surface area (Å²) in [6.45, 7) is 0. The number of rotatable bonds is 4. The van der Waals surface area contributed by atoms with Crippen molar-refractivity contribution in [2.24, 2.45) is 22.2 Å². The first-order valence-electron chi connectivity index (χ1n) is 7.73. The quantitative estimate of drug-likeness (QED) is 0.248. The van der Waals surface area contributed by atoms with E-state index in [1.54, 1.807) is 54.6 Å². The molecule has 0 amide bonds. The van der Waals surface area contributed by atoms with E-state index in [1.807, 2.05) is 6.07 Å². The molecule has 7 heteroatoms. The van der Waals surface area contributed by atoms with Gasteiger partial charge in [0.1, 0.15) is 11.6 Å². The number of amidine groups is 1. The van der Waals surface area contributed by atoms with Crippen LogP contribution in [0.2, 0.25) is 0 Å². The lowest BCUT2D eigenvalue weighted by Gasteiger charge is -2.08. The normalized spacial score (nSPS) is 10.3. The van der Waals surface area contributed by atoms with Crippen LogP contribution in [0.15, 0.2) is 65.7 Å². The van der Waals surface area contributed by atoms with Crippen molar-refractivity contribution in [3.8, 4) is 5.75 Å². The molecule has 3 aromatic rings. The third-order valence-electron chi connectivity index (χ3n) is 3.71. The molecule has 0 saturated heterocycles. The molecule has 3 aromatic carbocycles. The van der Waals surface area contributed by atoms with Gasteiger partial charge in [-0.05, 0) is 41.1 Å². The van der Waals surface area contributed by atoms with Crippen LogP contribution in [0.1, 0.15) is 15.9 Å². The highest BCUT2D eigenvalue weighted by Crippen LogP contribution is 2.25. The van der Waals surface area contributed by atoms with E-state index in [4.69, 9.17) is 27.3 Å². The second kappa shape index (κ2) is 6.94. The number of nitrogens with one attached hydrogen (secondary N) is 1. The summed E-state index contributed by atoms with van der Waals surface area (Å²) in [6, 6.07) is 17.2. The van der Waals surface area contributed by atoms with Gasteiger partial charge in [0.15, 0.2) is 5.96 Å². The zero-order valence-corrected chi connectivity index (χ0v) is 13.8. The van der Waals surface area contributed by atoms with Crippen LogP contribution in [0, 0.1) is 5.41 Å². The van der Waals surface area contributed by atoms with Crippen LogP contribution in [-0.2, 0) is 0 Å². The summed E-state index contributed by atoms with van der Waals surface area (Å²) in [5, 5.41) is 9.24. The van der Waals surface area contributed by atoms with Crippen molar-refractivity contribution in [1.82, 2.24) is 0 Å². The van der Waals surface area contributed by atoms with Crippen LogP contribution in [0.4, 0.5) is 5.69 Å². The molecule has 0 atom stereocenters. The number of ether oxygens (including phenoxy) is 1. The minimum Gasteiger partial charge on any atom is -0.423 e. The van der Waals surface area contributed by atoms with Gasteiger partial charge in [0.05, 0.1) is 11.3 Å². The van der Waals surface area contributed by atoms with Gasteiger partial charge < -0.3 is 21.9 Å². The predicted octanol–water partition coefficient (Wildman–Crippen LogP) is 2.25. The maximum atomic E-state index is 12.5. The first-order valence-corrected chi connectivity index (χ1v) is 7.73. The lowest BCUT2D eigenvalue weighted by atomic mass is 10.1. The third kappa shape index (κ3) is 3.62. The molecular weight excluding hydrogens is 330 g/mol. The molecule has 0 spiro atoms. The molecule has 0 radical (unpaired) electrons. The van der Waals surface area contributed by atoms with Crippen molar-refractivity contribution in [1.29, 1.82) is 5.41 Å². The van der Waals surface area contributed by atoms with Crippen LogP contribution >= 0.6 is 0 Å². The number of benzene rings is 3. The number of aliphatic imine (C=N–C) groups is 1. The smallest absolute Gasteiger partial charge is 0.345 e. The Morgan fingerprint density at radius 2 is 1.62 bits per heavy atom. The Balaban J connectivity index is 1.89. The molecule has 7 nitrogen and oxygen atoms in total. The maximum Gasteiger partial charge on any atom is 0.345 e. The van der Waals surface area contributed by atoms with Gasteiger partial charge in [-0.25, -0.2) is 9.79 Å². The molecule has 0 saturated carbocycles. The summed E-state index contributed by atoms with van der Waals surface area (Å²) in [5.74, 6) is -0.321. The van der Waals surface area contributed by atoms with E-state index in [2.05, 4.69) is 4.99 Å².